The molecule has 2 aromatic rings. The normalized spacial score (nSPS) is 10.4. The molecule has 0 saturated carbocycles. The zero-order valence-corrected chi connectivity index (χ0v) is 9.38. The quantitative estimate of drug-likeness (QED) is 0.606. The third-order valence-corrected chi connectivity index (χ3v) is 2.56. The molecule has 1 heterocycles. The van der Waals surface area contributed by atoms with Crippen LogP contribution in [-0.2, 0) is 0 Å². The molecule has 92 valence electrons. The van der Waals surface area contributed by atoms with Crippen LogP contribution in [0.1, 0.15) is 21.5 Å². The van der Waals surface area contributed by atoms with Gasteiger partial charge in [-0.05, 0) is 30.7 Å². The Morgan fingerprint density at radius 3 is 2.44 bits per heavy atom. The van der Waals surface area contributed by atoms with E-state index in [1.807, 2.05) is 0 Å². The predicted molar refractivity (Wildman–Crippen MR) is 58.7 cm³/mol. The minimum absolute atomic E-state index is 0.155. The van der Waals surface area contributed by atoms with Crippen molar-refractivity contribution < 1.29 is 18.0 Å². The molecule has 1 aromatic carbocycles. The number of rotatable bonds is 2. The van der Waals surface area contributed by atoms with Gasteiger partial charge in [-0.25, -0.2) is 13.2 Å². The van der Waals surface area contributed by atoms with Gasteiger partial charge in [-0.1, -0.05) is 0 Å². The highest BCUT2D eigenvalue weighted by atomic mass is 19.2. The van der Waals surface area contributed by atoms with Crippen molar-refractivity contribution in [2.24, 2.45) is 0 Å². The van der Waals surface area contributed by atoms with E-state index in [-0.39, 0.29) is 5.56 Å². The second-order valence-corrected chi connectivity index (χ2v) is 3.74. The molecule has 0 saturated heterocycles. The third kappa shape index (κ3) is 1.99. The highest BCUT2D eigenvalue weighted by Gasteiger charge is 2.20. The van der Waals surface area contributed by atoms with Crippen molar-refractivity contribution in [3.63, 3.8) is 0 Å². The van der Waals surface area contributed by atoms with Gasteiger partial charge < -0.3 is 0 Å². The first kappa shape index (κ1) is 12.3. The zero-order valence-electron chi connectivity index (χ0n) is 9.38. The van der Waals surface area contributed by atoms with Crippen molar-refractivity contribution >= 4 is 5.78 Å². The van der Waals surface area contributed by atoms with Gasteiger partial charge in [0.25, 0.3) is 0 Å². The van der Waals surface area contributed by atoms with Gasteiger partial charge in [0.1, 0.15) is 0 Å². The smallest absolute Gasteiger partial charge is 0.197 e. The summed E-state index contributed by atoms with van der Waals surface area (Å²) in [5.74, 6) is -5.19. The second kappa shape index (κ2) is 4.60. The molecule has 0 aliphatic heterocycles. The Morgan fingerprint density at radius 1 is 1.06 bits per heavy atom. The van der Waals surface area contributed by atoms with Crippen LogP contribution in [0.5, 0.6) is 0 Å². The fourth-order valence-electron chi connectivity index (χ4n) is 1.55. The molecule has 0 fully saturated rings. The first-order valence-corrected chi connectivity index (χ1v) is 5.11. The summed E-state index contributed by atoms with van der Waals surface area (Å²) in [5.41, 5.74) is 0.228. The number of hydrogen-bond acceptors (Lipinski definition) is 2. The van der Waals surface area contributed by atoms with Crippen LogP contribution in [0.15, 0.2) is 30.6 Å². The minimum Gasteiger partial charge on any atom is -0.288 e. The number of hydrogen-bond donors (Lipinski definition) is 0. The van der Waals surface area contributed by atoms with Crippen LogP contribution in [0.2, 0.25) is 0 Å². The average Bonchev–Trinajstić information content (AvgIpc) is 2.36. The summed E-state index contributed by atoms with van der Waals surface area (Å²) in [6.45, 7) is 1.65. The van der Waals surface area contributed by atoms with Gasteiger partial charge in [0, 0.05) is 18.0 Å². The molecular weight excluding hydrogens is 243 g/mol. The molecule has 0 aliphatic carbocycles. The van der Waals surface area contributed by atoms with Gasteiger partial charge >= 0.3 is 0 Å². The van der Waals surface area contributed by atoms with E-state index in [0.717, 1.165) is 12.1 Å². The van der Waals surface area contributed by atoms with Crippen LogP contribution in [-0.4, -0.2) is 10.8 Å². The van der Waals surface area contributed by atoms with Crippen LogP contribution >= 0.6 is 0 Å². The van der Waals surface area contributed by atoms with Crippen LogP contribution in [0.4, 0.5) is 13.2 Å². The molecule has 0 radical (unpaired) electrons. The molecule has 0 bridgehead atoms. The van der Waals surface area contributed by atoms with Gasteiger partial charge in [-0.2, -0.15) is 0 Å². The van der Waals surface area contributed by atoms with E-state index >= 15 is 0 Å². The number of aryl methyl sites for hydroxylation is 1. The van der Waals surface area contributed by atoms with Gasteiger partial charge in [0.2, 0.25) is 0 Å². The van der Waals surface area contributed by atoms with Crippen molar-refractivity contribution in [3.05, 3.63) is 64.7 Å². The highest BCUT2D eigenvalue weighted by molar-refractivity contribution is 6.09. The number of nitrogens with zero attached hydrogens (tertiary/aromatic N) is 1. The lowest BCUT2D eigenvalue weighted by molar-refractivity contribution is 0.103. The topological polar surface area (TPSA) is 30.0 Å². The number of ketones is 1. The van der Waals surface area contributed by atoms with Crippen LogP contribution in [0.3, 0.4) is 0 Å². The molecule has 0 atom stereocenters. The second-order valence-electron chi connectivity index (χ2n) is 3.74. The first-order valence-electron chi connectivity index (χ1n) is 5.11. The summed E-state index contributed by atoms with van der Waals surface area (Å²) in [4.78, 5) is 15.7. The Kier molecular flexibility index (Phi) is 3.14. The first-order chi connectivity index (χ1) is 8.52. The molecule has 1 aromatic heterocycles. The Hall–Kier alpha value is -2.17. The van der Waals surface area contributed by atoms with Crippen molar-refractivity contribution in [3.8, 4) is 0 Å². The highest BCUT2D eigenvalue weighted by Crippen LogP contribution is 2.19. The number of aromatic nitrogens is 1. The number of halogens is 3. The van der Waals surface area contributed by atoms with Gasteiger partial charge in [-0.15, -0.1) is 0 Å². The maximum Gasteiger partial charge on any atom is 0.197 e. The Balaban J connectivity index is 2.54. The fourth-order valence-corrected chi connectivity index (χ4v) is 1.55. The molecule has 0 N–H and O–H groups in total. The van der Waals surface area contributed by atoms with Crippen molar-refractivity contribution in [1.82, 2.24) is 4.98 Å². The van der Waals surface area contributed by atoms with E-state index in [0.29, 0.717) is 5.56 Å². The standard InChI is InChI=1S/C13H8F3NO/c1-7-4-5-17-6-9(7)13(18)8-2-3-10(14)12(16)11(8)15/h2-6H,1H3. The van der Waals surface area contributed by atoms with Crippen molar-refractivity contribution in [2.75, 3.05) is 0 Å². The maximum atomic E-state index is 13.5. The molecule has 18 heavy (non-hydrogen) atoms. The monoisotopic (exact) mass is 251 g/mol. The third-order valence-electron chi connectivity index (χ3n) is 2.56. The Morgan fingerprint density at radius 2 is 1.78 bits per heavy atom. The lowest BCUT2D eigenvalue weighted by atomic mass is 10.0. The summed E-state index contributed by atoms with van der Waals surface area (Å²) in [6.07, 6.45) is 2.74. The molecule has 2 nitrogen and oxygen atoms in total. The summed E-state index contributed by atoms with van der Waals surface area (Å²) in [5, 5.41) is 0. The average molecular weight is 251 g/mol. The largest absolute Gasteiger partial charge is 0.288 e. The van der Waals surface area contributed by atoms with Gasteiger partial charge in [0.15, 0.2) is 23.2 Å². The van der Waals surface area contributed by atoms with Gasteiger partial charge in [0.05, 0.1) is 5.56 Å². The summed E-state index contributed by atoms with van der Waals surface area (Å²) < 4.78 is 39.3. The van der Waals surface area contributed by atoms with Crippen LogP contribution < -0.4 is 0 Å². The summed E-state index contributed by atoms with van der Waals surface area (Å²) in [6, 6.07) is 3.21. The lowest BCUT2D eigenvalue weighted by Gasteiger charge is -2.06. The molecule has 0 unspecified atom stereocenters. The SMILES string of the molecule is Cc1ccncc1C(=O)c1ccc(F)c(F)c1F. The van der Waals surface area contributed by atoms with E-state index in [1.54, 1.807) is 13.0 Å². The minimum atomic E-state index is -1.65. The molecule has 2 rings (SSSR count). The van der Waals surface area contributed by atoms with E-state index in [9.17, 15) is 18.0 Å². The fraction of sp³-hybridized carbons (Fsp3) is 0.0769. The van der Waals surface area contributed by atoms with Crippen molar-refractivity contribution in [1.29, 1.82) is 0 Å². The maximum absolute atomic E-state index is 13.5. The number of carbonyl (C=O) groups is 1. The zero-order chi connectivity index (χ0) is 13.3. The predicted octanol–water partition coefficient (Wildman–Crippen LogP) is 3.04. The molecule has 0 spiro atoms. The summed E-state index contributed by atoms with van der Waals surface area (Å²) >= 11 is 0. The Bertz CT molecular complexity index is 626. The van der Waals surface area contributed by atoms with E-state index in [2.05, 4.69) is 4.98 Å². The van der Waals surface area contributed by atoms with E-state index in [1.165, 1.54) is 12.4 Å². The number of pyridine rings is 1. The van der Waals surface area contributed by atoms with Crippen LogP contribution in [0.25, 0.3) is 0 Å². The summed E-state index contributed by atoms with van der Waals surface area (Å²) in [7, 11) is 0. The molecule has 5 heteroatoms. The van der Waals surface area contributed by atoms with Gasteiger partial charge in [-0.3, -0.25) is 9.78 Å². The van der Waals surface area contributed by atoms with E-state index in [4.69, 9.17) is 0 Å². The molecule has 0 amide bonds. The molecular formula is C13H8F3NO. The van der Waals surface area contributed by atoms with Crippen LogP contribution in [0, 0.1) is 24.4 Å². The lowest BCUT2D eigenvalue weighted by Crippen LogP contribution is -2.09. The number of benzene rings is 1. The Labute approximate surface area is 101 Å². The molecule has 0 aliphatic rings. The van der Waals surface area contributed by atoms with E-state index < -0.39 is 28.8 Å². The van der Waals surface area contributed by atoms with Crippen molar-refractivity contribution in [2.45, 2.75) is 6.92 Å². The number of carbonyl (C=O) groups excluding carboxylic acids is 1.